The van der Waals surface area contributed by atoms with Crippen LogP contribution in [-0.2, 0) is 0 Å². The van der Waals surface area contributed by atoms with Crippen LogP contribution in [0.15, 0.2) is 18.2 Å². The zero-order valence-electron chi connectivity index (χ0n) is 10.0. The molecule has 1 aliphatic rings. The van der Waals surface area contributed by atoms with E-state index in [1.807, 2.05) is 18.7 Å². The van der Waals surface area contributed by atoms with E-state index < -0.39 is 0 Å². The van der Waals surface area contributed by atoms with Gasteiger partial charge >= 0.3 is 0 Å². The lowest BCUT2D eigenvalue weighted by atomic mass is 10.1. The summed E-state index contributed by atoms with van der Waals surface area (Å²) in [5.74, 6) is 1.57. The second kappa shape index (κ2) is 5.65. The first kappa shape index (κ1) is 12.6. The summed E-state index contributed by atoms with van der Waals surface area (Å²) in [5, 5.41) is 23.6. The number of hydrogen-bond acceptors (Lipinski definition) is 4. The van der Waals surface area contributed by atoms with E-state index in [0.29, 0.717) is 10.8 Å². The Hall–Kier alpha value is -0.870. The normalized spacial score (nSPS) is 21.6. The number of nitrogens with one attached hydrogen (secondary N) is 1. The Bertz CT molecular complexity index is 357. The van der Waals surface area contributed by atoms with Gasteiger partial charge in [0.15, 0.2) is 0 Å². The summed E-state index contributed by atoms with van der Waals surface area (Å²) < 4.78 is 0. The van der Waals surface area contributed by atoms with E-state index in [1.54, 1.807) is 18.2 Å². The highest BCUT2D eigenvalue weighted by molar-refractivity contribution is 8.00. The van der Waals surface area contributed by atoms with Crippen molar-refractivity contribution in [3.05, 3.63) is 23.8 Å². The van der Waals surface area contributed by atoms with Gasteiger partial charge in [0, 0.05) is 17.8 Å². The summed E-state index contributed by atoms with van der Waals surface area (Å²) >= 11 is 2.00. The predicted octanol–water partition coefficient (Wildman–Crippen LogP) is 2.64. The van der Waals surface area contributed by atoms with Gasteiger partial charge in [-0.1, -0.05) is 6.07 Å². The predicted molar refractivity (Wildman–Crippen MR) is 71.7 cm³/mol. The van der Waals surface area contributed by atoms with Gasteiger partial charge < -0.3 is 15.5 Å². The molecule has 0 bridgehead atoms. The van der Waals surface area contributed by atoms with Crippen LogP contribution in [0.3, 0.4) is 0 Å². The molecule has 1 fully saturated rings. The highest BCUT2D eigenvalue weighted by Crippen LogP contribution is 2.33. The smallest absolute Gasteiger partial charge is 0.124 e. The second-order valence-corrected chi connectivity index (χ2v) is 5.88. The Kier molecular flexibility index (Phi) is 4.18. The van der Waals surface area contributed by atoms with Crippen LogP contribution < -0.4 is 5.32 Å². The maximum atomic E-state index is 9.75. The maximum absolute atomic E-state index is 9.75. The SMILES string of the molecule is CC(NCC1CCCS1)c1c(O)cccc1O. The third kappa shape index (κ3) is 3.07. The molecule has 2 rings (SSSR count). The molecule has 0 aromatic heterocycles. The number of aromatic hydroxyl groups is 2. The van der Waals surface area contributed by atoms with Crippen LogP contribution >= 0.6 is 11.8 Å². The highest BCUT2D eigenvalue weighted by atomic mass is 32.2. The standard InChI is InChI=1S/C13H19NO2S/c1-9(14-8-10-4-3-7-17-10)13-11(15)5-2-6-12(13)16/h2,5-6,9-10,14-16H,3-4,7-8H2,1H3. The van der Waals surface area contributed by atoms with E-state index in [1.165, 1.54) is 18.6 Å². The first-order chi connectivity index (χ1) is 8.18. The summed E-state index contributed by atoms with van der Waals surface area (Å²) in [4.78, 5) is 0. The second-order valence-electron chi connectivity index (χ2n) is 4.47. The van der Waals surface area contributed by atoms with Crippen molar-refractivity contribution >= 4 is 11.8 Å². The van der Waals surface area contributed by atoms with E-state index >= 15 is 0 Å². The zero-order chi connectivity index (χ0) is 12.3. The van der Waals surface area contributed by atoms with Crippen LogP contribution in [0.4, 0.5) is 0 Å². The number of benzene rings is 1. The first-order valence-corrected chi connectivity index (χ1v) is 7.09. The van der Waals surface area contributed by atoms with Gasteiger partial charge in [-0.15, -0.1) is 0 Å². The quantitative estimate of drug-likeness (QED) is 0.772. The molecular formula is C13H19NO2S. The monoisotopic (exact) mass is 253 g/mol. The van der Waals surface area contributed by atoms with Crippen molar-refractivity contribution in [1.29, 1.82) is 0 Å². The minimum absolute atomic E-state index is 0.0302. The third-order valence-corrected chi connectivity index (χ3v) is 4.57. The fraction of sp³-hybridized carbons (Fsp3) is 0.538. The van der Waals surface area contributed by atoms with Crippen molar-refractivity contribution in [2.24, 2.45) is 0 Å². The number of hydrogen-bond donors (Lipinski definition) is 3. The van der Waals surface area contributed by atoms with Gasteiger partial charge in [-0.25, -0.2) is 0 Å². The van der Waals surface area contributed by atoms with Crippen LogP contribution in [-0.4, -0.2) is 27.8 Å². The molecule has 0 spiro atoms. The molecule has 1 saturated heterocycles. The molecule has 1 aromatic carbocycles. The van der Waals surface area contributed by atoms with Crippen molar-refractivity contribution < 1.29 is 10.2 Å². The Morgan fingerprint density at radius 1 is 1.41 bits per heavy atom. The fourth-order valence-electron chi connectivity index (χ4n) is 2.20. The zero-order valence-corrected chi connectivity index (χ0v) is 10.8. The van der Waals surface area contributed by atoms with Gasteiger partial charge in [0.1, 0.15) is 11.5 Å². The Labute approximate surface area is 106 Å². The summed E-state index contributed by atoms with van der Waals surface area (Å²) in [6, 6.07) is 4.83. The first-order valence-electron chi connectivity index (χ1n) is 6.04. The number of phenols is 2. The van der Waals surface area contributed by atoms with Crippen LogP contribution in [0.2, 0.25) is 0 Å². The van der Waals surface area contributed by atoms with Crippen LogP contribution in [0.1, 0.15) is 31.4 Å². The lowest BCUT2D eigenvalue weighted by molar-refractivity contribution is 0.418. The minimum atomic E-state index is -0.0302. The Morgan fingerprint density at radius 2 is 2.12 bits per heavy atom. The van der Waals surface area contributed by atoms with Crippen molar-refractivity contribution in [2.45, 2.75) is 31.1 Å². The van der Waals surface area contributed by atoms with Gasteiger partial charge in [0.05, 0.1) is 5.56 Å². The molecule has 1 aromatic rings. The van der Waals surface area contributed by atoms with E-state index in [4.69, 9.17) is 0 Å². The molecule has 3 N–H and O–H groups in total. The van der Waals surface area contributed by atoms with E-state index in [2.05, 4.69) is 5.32 Å². The molecule has 17 heavy (non-hydrogen) atoms. The largest absolute Gasteiger partial charge is 0.507 e. The number of thioether (sulfide) groups is 1. The molecule has 2 atom stereocenters. The Morgan fingerprint density at radius 3 is 2.71 bits per heavy atom. The van der Waals surface area contributed by atoms with Crippen molar-refractivity contribution in [3.63, 3.8) is 0 Å². The topological polar surface area (TPSA) is 52.5 Å². The number of rotatable bonds is 4. The summed E-state index contributed by atoms with van der Waals surface area (Å²) in [7, 11) is 0. The van der Waals surface area contributed by atoms with Gasteiger partial charge in [-0.3, -0.25) is 0 Å². The molecule has 0 saturated carbocycles. The molecule has 0 radical (unpaired) electrons. The summed E-state index contributed by atoms with van der Waals surface area (Å²) in [5.41, 5.74) is 0.593. The molecule has 2 unspecified atom stereocenters. The average Bonchev–Trinajstić information content (AvgIpc) is 2.79. The molecule has 0 amide bonds. The van der Waals surface area contributed by atoms with Gasteiger partial charge in [-0.2, -0.15) is 11.8 Å². The van der Waals surface area contributed by atoms with Gasteiger partial charge in [0.2, 0.25) is 0 Å². The van der Waals surface area contributed by atoms with Crippen molar-refractivity contribution in [2.75, 3.05) is 12.3 Å². The molecule has 4 heteroatoms. The van der Waals surface area contributed by atoms with Crippen LogP contribution in [0.25, 0.3) is 0 Å². The van der Waals surface area contributed by atoms with Gasteiger partial charge in [0.25, 0.3) is 0 Å². The van der Waals surface area contributed by atoms with Crippen molar-refractivity contribution in [1.82, 2.24) is 5.32 Å². The highest BCUT2D eigenvalue weighted by Gasteiger charge is 2.19. The lowest BCUT2D eigenvalue weighted by Crippen LogP contribution is -2.26. The van der Waals surface area contributed by atoms with E-state index in [-0.39, 0.29) is 17.5 Å². The lowest BCUT2D eigenvalue weighted by Gasteiger charge is -2.19. The molecule has 1 heterocycles. The fourth-order valence-corrected chi connectivity index (χ4v) is 3.41. The molecule has 1 aliphatic heterocycles. The Balaban J connectivity index is 1.96. The third-order valence-electron chi connectivity index (χ3n) is 3.17. The number of phenolic OH excluding ortho intramolecular Hbond substituents is 2. The molecular weight excluding hydrogens is 234 g/mol. The van der Waals surface area contributed by atoms with Crippen molar-refractivity contribution in [3.8, 4) is 11.5 Å². The van der Waals surface area contributed by atoms with E-state index in [9.17, 15) is 10.2 Å². The minimum Gasteiger partial charge on any atom is -0.507 e. The molecule has 0 aliphatic carbocycles. The van der Waals surface area contributed by atoms with Crippen LogP contribution in [0.5, 0.6) is 11.5 Å². The van der Waals surface area contributed by atoms with E-state index in [0.717, 1.165) is 6.54 Å². The summed E-state index contributed by atoms with van der Waals surface area (Å²) in [6.07, 6.45) is 2.56. The summed E-state index contributed by atoms with van der Waals surface area (Å²) in [6.45, 7) is 2.90. The average molecular weight is 253 g/mol. The van der Waals surface area contributed by atoms with Gasteiger partial charge in [-0.05, 0) is 37.7 Å². The maximum Gasteiger partial charge on any atom is 0.124 e. The molecule has 3 nitrogen and oxygen atoms in total. The molecule has 94 valence electrons. The van der Waals surface area contributed by atoms with Crippen LogP contribution in [0, 0.1) is 0 Å².